The molecular weight excluding hydrogens is 367 g/mol. The predicted octanol–water partition coefficient (Wildman–Crippen LogP) is 3.48. The van der Waals surface area contributed by atoms with Gasteiger partial charge in [-0.25, -0.2) is 13.1 Å². The Bertz CT molecular complexity index is 845. The lowest BCUT2D eigenvalue weighted by Crippen LogP contribution is -2.47. The van der Waals surface area contributed by atoms with Crippen molar-refractivity contribution < 1.29 is 8.42 Å². The first-order valence-corrected chi connectivity index (χ1v) is 9.85. The van der Waals surface area contributed by atoms with Crippen LogP contribution >= 0.6 is 24.0 Å². The summed E-state index contributed by atoms with van der Waals surface area (Å²) in [6.45, 7) is 0. The molecule has 2 aliphatic rings. The zero-order valence-electron chi connectivity index (χ0n) is 13.0. The van der Waals surface area contributed by atoms with Crippen molar-refractivity contribution in [2.24, 2.45) is 0 Å². The lowest BCUT2D eigenvalue weighted by molar-refractivity contribution is 0.345. The maximum Gasteiger partial charge on any atom is 0.241 e. The van der Waals surface area contributed by atoms with Crippen LogP contribution in [0.4, 0.5) is 0 Å². The number of halogens is 2. The molecule has 2 atom stereocenters. The average molecular weight is 387 g/mol. The fraction of sp³-hybridized carbons (Fsp3) is 0.412. The number of fused-ring (bicyclic) bond motifs is 3. The summed E-state index contributed by atoms with van der Waals surface area (Å²) in [6.07, 6.45) is 4.02. The molecule has 0 saturated carbocycles. The molecule has 24 heavy (non-hydrogen) atoms. The molecule has 0 radical (unpaired) electrons. The van der Waals surface area contributed by atoms with E-state index >= 15 is 0 Å². The summed E-state index contributed by atoms with van der Waals surface area (Å²) >= 11 is 6.19. The molecule has 2 aromatic carbocycles. The van der Waals surface area contributed by atoms with Crippen molar-refractivity contribution in [1.29, 1.82) is 0 Å². The van der Waals surface area contributed by atoms with Crippen molar-refractivity contribution in [3.05, 3.63) is 41.4 Å². The van der Waals surface area contributed by atoms with Crippen LogP contribution in [-0.4, -0.2) is 26.5 Å². The largest absolute Gasteiger partial charge is 0.311 e. The summed E-state index contributed by atoms with van der Waals surface area (Å²) in [7, 11) is -3.56. The monoisotopic (exact) mass is 386 g/mol. The average Bonchev–Trinajstić information content (AvgIpc) is 2.86. The van der Waals surface area contributed by atoms with Gasteiger partial charge in [0.25, 0.3) is 0 Å². The summed E-state index contributed by atoms with van der Waals surface area (Å²) in [4.78, 5) is 0.309. The van der Waals surface area contributed by atoms with Crippen molar-refractivity contribution in [1.82, 2.24) is 10.0 Å². The molecule has 130 valence electrons. The number of rotatable bonds is 3. The van der Waals surface area contributed by atoms with E-state index in [-0.39, 0.29) is 18.4 Å². The van der Waals surface area contributed by atoms with Gasteiger partial charge in [-0.15, -0.1) is 12.4 Å². The van der Waals surface area contributed by atoms with E-state index in [0.717, 1.165) is 31.1 Å². The van der Waals surface area contributed by atoms with Crippen molar-refractivity contribution in [3.8, 4) is 0 Å². The summed E-state index contributed by atoms with van der Waals surface area (Å²) in [6, 6.07) is 11.5. The fourth-order valence-corrected chi connectivity index (χ4v) is 5.61. The van der Waals surface area contributed by atoms with Crippen LogP contribution in [0.5, 0.6) is 0 Å². The second-order valence-electron chi connectivity index (χ2n) is 6.52. The molecule has 0 amide bonds. The standard InChI is InChI=1S/C17H19ClN2O2S.ClH/c18-16-7-8-17(15-4-2-1-3-14(15)16)23(21,22)20-13-9-11-5-6-12(10-13)19-11;/h1-4,7-8,11-13,19-20H,5-6,9-10H2;1H. The van der Waals surface area contributed by atoms with E-state index in [1.165, 1.54) is 0 Å². The normalized spacial score (nSPS) is 26.3. The molecule has 7 heteroatoms. The van der Waals surface area contributed by atoms with E-state index < -0.39 is 10.0 Å². The topological polar surface area (TPSA) is 58.2 Å². The SMILES string of the molecule is Cl.O=S(=O)(NC1CC2CCC(C1)N2)c1ccc(Cl)c2ccccc12. The number of piperidine rings is 1. The first kappa shape index (κ1) is 18.0. The van der Waals surface area contributed by atoms with E-state index in [4.69, 9.17) is 11.6 Å². The van der Waals surface area contributed by atoms with Gasteiger partial charge in [0.15, 0.2) is 0 Å². The minimum absolute atomic E-state index is 0. The highest BCUT2D eigenvalue weighted by molar-refractivity contribution is 7.89. The van der Waals surface area contributed by atoms with E-state index in [0.29, 0.717) is 27.4 Å². The van der Waals surface area contributed by atoms with Crippen LogP contribution in [0, 0.1) is 0 Å². The van der Waals surface area contributed by atoms with Gasteiger partial charge in [0.1, 0.15) is 0 Å². The predicted molar refractivity (Wildman–Crippen MR) is 99.5 cm³/mol. The zero-order valence-corrected chi connectivity index (χ0v) is 15.4. The molecule has 0 aliphatic carbocycles. The van der Waals surface area contributed by atoms with Crippen LogP contribution in [0.1, 0.15) is 25.7 Å². The van der Waals surface area contributed by atoms with Crippen LogP contribution in [-0.2, 0) is 10.0 Å². The molecule has 2 fully saturated rings. The van der Waals surface area contributed by atoms with Crippen molar-refractivity contribution in [3.63, 3.8) is 0 Å². The molecule has 2 N–H and O–H groups in total. The van der Waals surface area contributed by atoms with Crippen LogP contribution in [0.15, 0.2) is 41.3 Å². The Morgan fingerprint density at radius 1 is 1.00 bits per heavy atom. The van der Waals surface area contributed by atoms with Gasteiger partial charge in [-0.3, -0.25) is 0 Å². The highest BCUT2D eigenvalue weighted by Gasteiger charge is 2.35. The molecule has 2 bridgehead atoms. The summed E-state index contributed by atoms with van der Waals surface area (Å²) in [5.74, 6) is 0. The van der Waals surface area contributed by atoms with Gasteiger partial charge in [0.2, 0.25) is 10.0 Å². The molecular formula is C17H20Cl2N2O2S. The van der Waals surface area contributed by atoms with Gasteiger partial charge in [0.05, 0.1) is 4.90 Å². The number of sulfonamides is 1. The second kappa shape index (κ2) is 6.81. The number of nitrogens with one attached hydrogen (secondary N) is 2. The van der Waals surface area contributed by atoms with E-state index in [1.807, 2.05) is 24.3 Å². The highest BCUT2D eigenvalue weighted by Crippen LogP contribution is 2.31. The Morgan fingerprint density at radius 3 is 2.29 bits per heavy atom. The summed E-state index contributed by atoms with van der Waals surface area (Å²) < 4.78 is 28.7. The van der Waals surface area contributed by atoms with Crippen molar-refractivity contribution in [2.75, 3.05) is 0 Å². The maximum absolute atomic E-state index is 12.9. The Kier molecular flexibility index (Phi) is 5.09. The molecule has 4 rings (SSSR count). The Morgan fingerprint density at radius 2 is 1.62 bits per heavy atom. The molecule has 4 nitrogen and oxygen atoms in total. The van der Waals surface area contributed by atoms with Gasteiger partial charge in [-0.05, 0) is 37.8 Å². The van der Waals surface area contributed by atoms with E-state index in [2.05, 4.69) is 10.0 Å². The Hall–Kier alpha value is -0.850. The smallest absolute Gasteiger partial charge is 0.241 e. The molecule has 2 heterocycles. The lowest BCUT2D eigenvalue weighted by Gasteiger charge is -2.29. The number of hydrogen-bond acceptors (Lipinski definition) is 3. The first-order chi connectivity index (χ1) is 11.0. The molecule has 0 spiro atoms. The van der Waals surface area contributed by atoms with Crippen molar-refractivity contribution in [2.45, 2.75) is 48.7 Å². The van der Waals surface area contributed by atoms with Crippen LogP contribution in [0.25, 0.3) is 10.8 Å². The minimum Gasteiger partial charge on any atom is -0.311 e. The first-order valence-electron chi connectivity index (χ1n) is 7.98. The zero-order chi connectivity index (χ0) is 16.0. The van der Waals surface area contributed by atoms with Crippen LogP contribution in [0.2, 0.25) is 5.02 Å². The van der Waals surface area contributed by atoms with Gasteiger partial charge in [-0.2, -0.15) is 0 Å². The van der Waals surface area contributed by atoms with Crippen LogP contribution < -0.4 is 10.0 Å². The van der Waals surface area contributed by atoms with E-state index in [1.54, 1.807) is 12.1 Å². The quantitative estimate of drug-likeness (QED) is 0.848. The third-order valence-electron chi connectivity index (χ3n) is 4.92. The maximum atomic E-state index is 12.9. The number of benzene rings is 2. The van der Waals surface area contributed by atoms with Gasteiger partial charge >= 0.3 is 0 Å². The van der Waals surface area contributed by atoms with Crippen LogP contribution in [0.3, 0.4) is 0 Å². The fourth-order valence-electron chi connectivity index (χ4n) is 3.91. The minimum atomic E-state index is -3.56. The summed E-state index contributed by atoms with van der Waals surface area (Å²) in [5.41, 5.74) is 0. The molecule has 2 aromatic rings. The van der Waals surface area contributed by atoms with Gasteiger partial charge < -0.3 is 5.32 Å². The summed E-state index contributed by atoms with van der Waals surface area (Å²) in [5, 5.41) is 5.54. The molecule has 2 unspecified atom stereocenters. The third-order valence-corrected chi connectivity index (χ3v) is 6.82. The van der Waals surface area contributed by atoms with Gasteiger partial charge in [0, 0.05) is 33.9 Å². The number of hydrogen-bond donors (Lipinski definition) is 2. The molecule has 0 aromatic heterocycles. The Labute approximate surface area is 153 Å². The van der Waals surface area contributed by atoms with E-state index in [9.17, 15) is 8.42 Å². The third kappa shape index (κ3) is 3.28. The Balaban J connectivity index is 0.00000169. The highest BCUT2D eigenvalue weighted by atomic mass is 35.5. The second-order valence-corrected chi connectivity index (χ2v) is 8.61. The lowest BCUT2D eigenvalue weighted by atomic mass is 10.0. The van der Waals surface area contributed by atoms with Crippen molar-refractivity contribution >= 4 is 44.8 Å². The molecule has 2 aliphatic heterocycles. The molecule has 2 saturated heterocycles. The van der Waals surface area contributed by atoms with Gasteiger partial charge in [-0.1, -0.05) is 35.9 Å².